The average molecular weight is 334 g/mol. The number of thioether (sulfide) groups is 1. The second-order valence-electron chi connectivity index (χ2n) is 5.46. The maximum atomic E-state index is 9.21. The molecule has 0 aliphatic rings. The molecule has 0 spiro atoms. The highest BCUT2D eigenvalue weighted by atomic mass is 32.2. The van der Waals surface area contributed by atoms with E-state index < -0.39 is 0 Å². The Labute approximate surface area is 146 Å². The SMILES string of the molecule is CCCc1nc(SCc2ccc(-c3ccccc3C#N)cc2)n[nH]1. The van der Waals surface area contributed by atoms with E-state index in [0.717, 1.165) is 40.7 Å². The monoisotopic (exact) mass is 334 g/mol. The van der Waals surface area contributed by atoms with Crippen molar-refractivity contribution in [2.24, 2.45) is 0 Å². The molecule has 0 aliphatic carbocycles. The molecule has 3 rings (SSSR count). The van der Waals surface area contributed by atoms with Gasteiger partial charge in [-0.25, -0.2) is 4.98 Å². The maximum absolute atomic E-state index is 9.21. The summed E-state index contributed by atoms with van der Waals surface area (Å²) < 4.78 is 0. The number of aryl methyl sites for hydroxylation is 1. The first-order valence-electron chi connectivity index (χ1n) is 7.92. The fourth-order valence-electron chi connectivity index (χ4n) is 2.45. The van der Waals surface area contributed by atoms with Gasteiger partial charge in [-0.15, -0.1) is 5.10 Å². The summed E-state index contributed by atoms with van der Waals surface area (Å²) in [4.78, 5) is 4.46. The molecule has 0 bridgehead atoms. The number of benzene rings is 2. The van der Waals surface area contributed by atoms with E-state index >= 15 is 0 Å². The highest BCUT2D eigenvalue weighted by Gasteiger charge is 2.06. The molecule has 1 aromatic heterocycles. The third-order valence-electron chi connectivity index (χ3n) is 3.68. The number of nitrogens with zero attached hydrogens (tertiary/aromatic N) is 3. The standard InChI is InChI=1S/C19H18N4S/c1-2-5-18-21-19(23-22-18)24-13-14-8-10-15(11-9-14)17-7-4-3-6-16(17)12-20/h3-4,6-11H,2,5,13H2,1H3,(H,21,22,23). The number of aromatic nitrogens is 3. The number of hydrogen-bond donors (Lipinski definition) is 1. The normalized spacial score (nSPS) is 10.5. The Balaban J connectivity index is 1.67. The molecule has 1 heterocycles. The highest BCUT2D eigenvalue weighted by molar-refractivity contribution is 7.98. The number of nitrogens with one attached hydrogen (secondary N) is 1. The minimum atomic E-state index is 0.698. The summed E-state index contributed by atoms with van der Waals surface area (Å²) in [6.45, 7) is 2.13. The molecule has 0 amide bonds. The minimum Gasteiger partial charge on any atom is -0.262 e. The molecular weight excluding hydrogens is 316 g/mol. The lowest BCUT2D eigenvalue weighted by molar-refractivity contribution is 0.840. The van der Waals surface area contributed by atoms with Gasteiger partial charge in [0, 0.05) is 12.2 Å². The van der Waals surface area contributed by atoms with Gasteiger partial charge in [0.05, 0.1) is 11.6 Å². The van der Waals surface area contributed by atoms with Gasteiger partial charge < -0.3 is 0 Å². The Bertz CT molecular complexity index is 846. The van der Waals surface area contributed by atoms with Crippen LogP contribution in [0, 0.1) is 11.3 Å². The third kappa shape index (κ3) is 3.84. The van der Waals surface area contributed by atoms with Gasteiger partial charge >= 0.3 is 0 Å². The molecule has 24 heavy (non-hydrogen) atoms. The molecule has 0 saturated heterocycles. The Hall–Kier alpha value is -2.58. The van der Waals surface area contributed by atoms with Gasteiger partial charge in [-0.05, 0) is 29.2 Å². The largest absolute Gasteiger partial charge is 0.262 e. The van der Waals surface area contributed by atoms with Crippen LogP contribution in [0.15, 0.2) is 53.7 Å². The van der Waals surface area contributed by atoms with Gasteiger partial charge in [0.2, 0.25) is 5.16 Å². The van der Waals surface area contributed by atoms with Crippen molar-refractivity contribution in [2.75, 3.05) is 0 Å². The Morgan fingerprint density at radius 2 is 1.92 bits per heavy atom. The fraction of sp³-hybridized carbons (Fsp3) is 0.211. The summed E-state index contributed by atoms with van der Waals surface area (Å²) in [5, 5.41) is 17.2. The molecule has 4 nitrogen and oxygen atoms in total. The van der Waals surface area contributed by atoms with Crippen molar-refractivity contribution >= 4 is 11.8 Å². The molecule has 5 heteroatoms. The Morgan fingerprint density at radius 3 is 2.67 bits per heavy atom. The number of hydrogen-bond acceptors (Lipinski definition) is 4. The summed E-state index contributed by atoms with van der Waals surface area (Å²) in [6.07, 6.45) is 1.99. The molecule has 0 fully saturated rings. The van der Waals surface area contributed by atoms with Crippen LogP contribution in [0.2, 0.25) is 0 Å². The van der Waals surface area contributed by atoms with Crippen LogP contribution >= 0.6 is 11.8 Å². The van der Waals surface area contributed by atoms with Gasteiger partial charge in [-0.1, -0.05) is 61.2 Å². The summed E-state index contributed by atoms with van der Waals surface area (Å²) in [5.74, 6) is 1.77. The molecule has 120 valence electrons. The molecule has 0 radical (unpaired) electrons. The predicted molar refractivity (Wildman–Crippen MR) is 96.5 cm³/mol. The second-order valence-corrected chi connectivity index (χ2v) is 6.40. The third-order valence-corrected chi connectivity index (χ3v) is 4.60. The van der Waals surface area contributed by atoms with E-state index in [1.807, 2.05) is 24.3 Å². The van der Waals surface area contributed by atoms with Crippen LogP contribution in [0.5, 0.6) is 0 Å². The first-order chi connectivity index (χ1) is 11.8. The highest BCUT2D eigenvalue weighted by Crippen LogP contribution is 2.25. The smallest absolute Gasteiger partial charge is 0.208 e. The lowest BCUT2D eigenvalue weighted by Gasteiger charge is -2.05. The van der Waals surface area contributed by atoms with E-state index in [0.29, 0.717) is 5.56 Å². The number of rotatable bonds is 6. The van der Waals surface area contributed by atoms with E-state index in [-0.39, 0.29) is 0 Å². The zero-order valence-electron chi connectivity index (χ0n) is 13.5. The molecule has 0 aliphatic heterocycles. The van der Waals surface area contributed by atoms with Crippen molar-refractivity contribution in [1.82, 2.24) is 15.2 Å². The Morgan fingerprint density at radius 1 is 1.12 bits per heavy atom. The van der Waals surface area contributed by atoms with E-state index in [1.165, 1.54) is 5.56 Å². The molecule has 1 N–H and O–H groups in total. The van der Waals surface area contributed by atoms with Crippen LogP contribution in [0.1, 0.15) is 30.3 Å². The van der Waals surface area contributed by atoms with E-state index in [1.54, 1.807) is 11.8 Å². The first-order valence-corrected chi connectivity index (χ1v) is 8.91. The van der Waals surface area contributed by atoms with Crippen LogP contribution in [0.25, 0.3) is 11.1 Å². The summed E-state index contributed by atoms with van der Waals surface area (Å²) >= 11 is 1.62. The average Bonchev–Trinajstić information content (AvgIpc) is 3.08. The van der Waals surface area contributed by atoms with Crippen molar-refractivity contribution in [2.45, 2.75) is 30.7 Å². The van der Waals surface area contributed by atoms with Crippen LogP contribution in [0.4, 0.5) is 0 Å². The lowest BCUT2D eigenvalue weighted by Crippen LogP contribution is -1.86. The molecule has 3 aromatic rings. The molecular formula is C19H18N4S. The van der Waals surface area contributed by atoms with Gasteiger partial charge in [-0.2, -0.15) is 5.26 Å². The van der Waals surface area contributed by atoms with Crippen molar-refractivity contribution in [3.63, 3.8) is 0 Å². The zero-order valence-corrected chi connectivity index (χ0v) is 14.3. The van der Waals surface area contributed by atoms with Crippen molar-refractivity contribution in [3.8, 4) is 17.2 Å². The van der Waals surface area contributed by atoms with Crippen LogP contribution in [0.3, 0.4) is 0 Å². The first kappa shape index (κ1) is 16.3. The van der Waals surface area contributed by atoms with E-state index in [2.05, 4.69) is 52.4 Å². The minimum absolute atomic E-state index is 0.698. The molecule has 2 aromatic carbocycles. The lowest BCUT2D eigenvalue weighted by atomic mass is 10.00. The van der Waals surface area contributed by atoms with Crippen molar-refractivity contribution in [3.05, 3.63) is 65.5 Å². The summed E-state index contributed by atoms with van der Waals surface area (Å²) in [7, 11) is 0. The van der Waals surface area contributed by atoms with Crippen LogP contribution in [-0.4, -0.2) is 15.2 Å². The van der Waals surface area contributed by atoms with Crippen molar-refractivity contribution in [1.29, 1.82) is 5.26 Å². The number of aromatic amines is 1. The second kappa shape index (κ2) is 7.80. The summed E-state index contributed by atoms with van der Waals surface area (Å²) in [5.41, 5.74) is 3.94. The van der Waals surface area contributed by atoms with Crippen LogP contribution < -0.4 is 0 Å². The van der Waals surface area contributed by atoms with Gasteiger partial charge in [0.15, 0.2) is 0 Å². The van der Waals surface area contributed by atoms with Crippen LogP contribution in [-0.2, 0) is 12.2 Å². The summed E-state index contributed by atoms with van der Waals surface area (Å²) in [6, 6.07) is 18.2. The van der Waals surface area contributed by atoms with Crippen molar-refractivity contribution < 1.29 is 0 Å². The molecule has 0 saturated carbocycles. The van der Waals surface area contributed by atoms with Gasteiger partial charge in [0.25, 0.3) is 0 Å². The molecule has 0 atom stereocenters. The van der Waals surface area contributed by atoms with E-state index in [4.69, 9.17) is 0 Å². The number of H-pyrrole nitrogens is 1. The van der Waals surface area contributed by atoms with Gasteiger partial charge in [0.1, 0.15) is 5.82 Å². The number of nitriles is 1. The maximum Gasteiger partial charge on any atom is 0.208 e. The van der Waals surface area contributed by atoms with Gasteiger partial charge in [-0.3, -0.25) is 5.10 Å². The molecule has 0 unspecified atom stereocenters. The quantitative estimate of drug-likeness (QED) is 0.670. The topological polar surface area (TPSA) is 65.4 Å². The Kier molecular flexibility index (Phi) is 5.29. The predicted octanol–water partition coefficient (Wildman–Crippen LogP) is 4.59. The zero-order chi connectivity index (χ0) is 16.8. The van der Waals surface area contributed by atoms with E-state index in [9.17, 15) is 5.26 Å². The fourth-order valence-corrected chi connectivity index (χ4v) is 3.22.